The van der Waals surface area contributed by atoms with Crippen molar-refractivity contribution in [1.82, 2.24) is 10.6 Å². The molecule has 0 unspecified atom stereocenters. The lowest BCUT2D eigenvalue weighted by Crippen LogP contribution is -2.28. The summed E-state index contributed by atoms with van der Waals surface area (Å²) in [5.74, 6) is 1.72. The smallest absolute Gasteiger partial charge is 0.134 e. The zero-order valence-corrected chi connectivity index (χ0v) is 12.9. The Bertz CT molecular complexity index is 569. The van der Waals surface area contributed by atoms with Crippen LogP contribution in [-0.4, -0.2) is 31.3 Å². The van der Waals surface area contributed by atoms with E-state index in [1.807, 2.05) is 37.3 Å². The van der Waals surface area contributed by atoms with E-state index in [9.17, 15) is 0 Å². The van der Waals surface area contributed by atoms with Gasteiger partial charge in [0.05, 0.1) is 13.2 Å². The van der Waals surface area contributed by atoms with Gasteiger partial charge in [0.1, 0.15) is 11.5 Å². The van der Waals surface area contributed by atoms with Crippen LogP contribution in [0.3, 0.4) is 0 Å². The fraction of sp³-hybridized carbons (Fsp3) is 0.375. The molecule has 1 heterocycles. The molecule has 3 N–H and O–H groups in total. The zero-order chi connectivity index (χ0) is 15.1. The molecule has 1 aromatic carbocycles. The van der Waals surface area contributed by atoms with Gasteiger partial charge in [0.2, 0.25) is 0 Å². The number of benzene rings is 1. The fourth-order valence-corrected chi connectivity index (χ4v) is 2.15. The highest BCUT2D eigenvalue weighted by atomic mass is 35.5. The molecule has 0 radical (unpaired) electrons. The molecule has 0 aliphatic heterocycles. The van der Waals surface area contributed by atoms with Crippen LogP contribution in [0.4, 0.5) is 0 Å². The highest BCUT2D eigenvalue weighted by Crippen LogP contribution is 2.26. The molecule has 4 nitrogen and oxygen atoms in total. The van der Waals surface area contributed by atoms with Crippen LogP contribution in [0.5, 0.6) is 0 Å². The fourth-order valence-electron chi connectivity index (χ4n) is 1.97. The summed E-state index contributed by atoms with van der Waals surface area (Å²) < 4.78 is 5.81. The van der Waals surface area contributed by atoms with Gasteiger partial charge in [-0.1, -0.05) is 23.7 Å². The van der Waals surface area contributed by atoms with E-state index in [1.54, 1.807) is 0 Å². The summed E-state index contributed by atoms with van der Waals surface area (Å²) in [6.07, 6.45) is 0. The van der Waals surface area contributed by atoms with Crippen LogP contribution in [0, 0.1) is 6.92 Å². The van der Waals surface area contributed by atoms with Crippen LogP contribution in [0.25, 0.3) is 11.3 Å². The van der Waals surface area contributed by atoms with Crippen molar-refractivity contribution in [3.8, 4) is 11.3 Å². The van der Waals surface area contributed by atoms with Crippen LogP contribution in [0.2, 0.25) is 5.02 Å². The first-order valence-electron chi connectivity index (χ1n) is 7.08. The van der Waals surface area contributed by atoms with Crippen LogP contribution in [0.1, 0.15) is 11.3 Å². The van der Waals surface area contributed by atoms with Gasteiger partial charge in [-0.15, -0.1) is 0 Å². The molecule has 0 fully saturated rings. The number of hydrogen-bond donors (Lipinski definition) is 3. The molecule has 0 bridgehead atoms. The summed E-state index contributed by atoms with van der Waals surface area (Å²) in [6, 6.07) is 9.85. The molecule has 0 aliphatic carbocycles. The quantitative estimate of drug-likeness (QED) is 0.656. The van der Waals surface area contributed by atoms with E-state index in [2.05, 4.69) is 10.6 Å². The maximum atomic E-state index is 8.64. The maximum absolute atomic E-state index is 8.64. The van der Waals surface area contributed by atoms with Crippen molar-refractivity contribution in [1.29, 1.82) is 0 Å². The second kappa shape index (κ2) is 8.20. The van der Waals surface area contributed by atoms with E-state index in [0.717, 1.165) is 40.8 Å². The van der Waals surface area contributed by atoms with E-state index < -0.39 is 0 Å². The third-order valence-electron chi connectivity index (χ3n) is 3.18. The van der Waals surface area contributed by atoms with E-state index in [1.165, 1.54) is 0 Å². The highest BCUT2D eigenvalue weighted by Gasteiger charge is 2.06. The van der Waals surface area contributed by atoms with Gasteiger partial charge in [-0.3, -0.25) is 0 Å². The molecule has 0 atom stereocenters. The summed E-state index contributed by atoms with van der Waals surface area (Å²) in [5.41, 5.74) is 2.05. The van der Waals surface area contributed by atoms with Crippen LogP contribution in [-0.2, 0) is 6.54 Å². The molecule has 5 heteroatoms. The summed E-state index contributed by atoms with van der Waals surface area (Å²) in [4.78, 5) is 0. The molecule has 0 saturated carbocycles. The highest BCUT2D eigenvalue weighted by molar-refractivity contribution is 6.31. The van der Waals surface area contributed by atoms with Gasteiger partial charge in [0, 0.05) is 30.2 Å². The largest absolute Gasteiger partial charge is 0.460 e. The first-order valence-corrected chi connectivity index (χ1v) is 7.46. The Labute approximate surface area is 130 Å². The molecular formula is C16H21ClN2O2. The van der Waals surface area contributed by atoms with Crippen molar-refractivity contribution in [3.63, 3.8) is 0 Å². The van der Waals surface area contributed by atoms with Crippen LogP contribution < -0.4 is 10.6 Å². The Kier molecular flexibility index (Phi) is 6.26. The Balaban J connectivity index is 1.85. The number of furan rings is 1. The van der Waals surface area contributed by atoms with Crippen LogP contribution in [0.15, 0.2) is 34.7 Å². The van der Waals surface area contributed by atoms with Crippen molar-refractivity contribution in [2.24, 2.45) is 0 Å². The number of halogens is 1. The van der Waals surface area contributed by atoms with Gasteiger partial charge in [-0.2, -0.15) is 0 Å². The number of aliphatic hydroxyl groups is 1. The number of rotatable bonds is 8. The Morgan fingerprint density at radius 1 is 1.10 bits per heavy atom. The van der Waals surface area contributed by atoms with Gasteiger partial charge < -0.3 is 20.2 Å². The summed E-state index contributed by atoms with van der Waals surface area (Å²) >= 11 is 6.14. The minimum absolute atomic E-state index is 0.167. The number of nitrogens with one attached hydrogen (secondary N) is 2. The predicted molar refractivity (Wildman–Crippen MR) is 85.6 cm³/mol. The summed E-state index contributed by atoms with van der Waals surface area (Å²) in [7, 11) is 0. The van der Waals surface area contributed by atoms with Gasteiger partial charge in [0.25, 0.3) is 0 Å². The molecule has 0 saturated heterocycles. The van der Waals surface area contributed by atoms with Gasteiger partial charge in [0.15, 0.2) is 0 Å². The van der Waals surface area contributed by atoms with Gasteiger partial charge >= 0.3 is 0 Å². The molecule has 21 heavy (non-hydrogen) atoms. The third-order valence-corrected chi connectivity index (χ3v) is 3.59. The van der Waals surface area contributed by atoms with Crippen LogP contribution >= 0.6 is 11.6 Å². The minimum atomic E-state index is 0.167. The molecule has 0 aliphatic rings. The average molecular weight is 309 g/mol. The van der Waals surface area contributed by atoms with Crippen molar-refractivity contribution in [2.75, 3.05) is 26.2 Å². The van der Waals surface area contributed by atoms with E-state index in [-0.39, 0.29) is 6.61 Å². The second-order valence-electron chi connectivity index (χ2n) is 4.88. The topological polar surface area (TPSA) is 57.4 Å². The first-order chi connectivity index (χ1) is 10.2. The summed E-state index contributed by atoms with van der Waals surface area (Å²) in [5, 5.41) is 15.8. The standard InChI is InChI=1S/C16H21ClN2O2/c1-12-2-3-13(10-15(12)17)16-5-4-14(21-16)11-19-7-6-18-8-9-20/h2-5,10,18-20H,6-9,11H2,1H3. The monoisotopic (exact) mass is 308 g/mol. The lowest BCUT2D eigenvalue weighted by Gasteiger charge is -2.04. The summed E-state index contributed by atoms with van der Waals surface area (Å²) in [6.45, 7) is 5.10. The minimum Gasteiger partial charge on any atom is -0.460 e. The third kappa shape index (κ3) is 4.86. The molecular weight excluding hydrogens is 288 g/mol. The lowest BCUT2D eigenvalue weighted by molar-refractivity contribution is 0.292. The Hall–Kier alpha value is -1.33. The average Bonchev–Trinajstić information content (AvgIpc) is 2.94. The second-order valence-corrected chi connectivity index (χ2v) is 5.29. The van der Waals surface area contributed by atoms with Crippen molar-refractivity contribution in [3.05, 3.63) is 46.7 Å². The molecule has 2 rings (SSSR count). The molecule has 0 amide bonds. The SMILES string of the molecule is Cc1ccc(-c2ccc(CNCCNCCO)o2)cc1Cl. The van der Waals surface area contributed by atoms with Crippen molar-refractivity contribution < 1.29 is 9.52 Å². The molecule has 1 aromatic heterocycles. The zero-order valence-electron chi connectivity index (χ0n) is 12.2. The number of hydrogen-bond acceptors (Lipinski definition) is 4. The normalized spacial score (nSPS) is 11.0. The van der Waals surface area contributed by atoms with E-state index in [0.29, 0.717) is 13.1 Å². The molecule has 0 spiro atoms. The van der Waals surface area contributed by atoms with Gasteiger partial charge in [-0.05, 0) is 30.7 Å². The Morgan fingerprint density at radius 2 is 1.90 bits per heavy atom. The molecule has 114 valence electrons. The van der Waals surface area contributed by atoms with Crippen molar-refractivity contribution in [2.45, 2.75) is 13.5 Å². The van der Waals surface area contributed by atoms with Crippen molar-refractivity contribution >= 4 is 11.6 Å². The van der Waals surface area contributed by atoms with E-state index >= 15 is 0 Å². The number of aryl methyl sites for hydroxylation is 1. The van der Waals surface area contributed by atoms with E-state index in [4.69, 9.17) is 21.1 Å². The molecule has 2 aromatic rings. The predicted octanol–water partition coefficient (Wildman–Crippen LogP) is 2.58. The first kappa shape index (κ1) is 16.0. The lowest BCUT2D eigenvalue weighted by atomic mass is 10.1. The van der Waals surface area contributed by atoms with Gasteiger partial charge in [-0.25, -0.2) is 0 Å². The Morgan fingerprint density at radius 3 is 2.67 bits per heavy atom. The maximum Gasteiger partial charge on any atom is 0.134 e. The number of aliphatic hydroxyl groups excluding tert-OH is 1.